The van der Waals surface area contributed by atoms with Gasteiger partial charge in [-0.1, -0.05) is 25.5 Å². The first kappa shape index (κ1) is 12.4. The SMILES string of the molecule is CCC[C@@H](N)c1ccc(C)c([N+](=O)[O-])c1O. The monoisotopic (exact) mass is 224 g/mol. The lowest BCUT2D eigenvalue weighted by atomic mass is 9.99. The molecule has 0 saturated heterocycles. The standard InChI is InChI=1S/C11H16N2O3/c1-3-4-9(12)8-6-5-7(2)10(11(8)14)13(15)16/h5-6,9,14H,3-4,12H2,1-2H3/t9-/m1/s1. The van der Waals surface area contributed by atoms with Crippen LogP contribution in [0.3, 0.4) is 0 Å². The Morgan fingerprint density at radius 3 is 2.69 bits per heavy atom. The van der Waals surface area contributed by atoms with E-state index in [4.69, 9.17) is 5.73 Å². The van der Waals surface area contributed by atoms with Gasteiger partial charge in [-0.15, -0.1) is 0 Å². The van der Waals surface area contributed by atoms with E-state index in [1.165, 1.54) is 0 Å². The fourth-order valence-electron chi connectivity index (χ4n) is 1.69. The number of nitrogens with zero attached hydrogens (tertiary/aromatic N) is 1. The lowest BCUT2D eigenvalue weighted by Crippen LogP contribution is -2.10. The maximum absolute atomic E-state index is 10.8. The van der Waals surface area contributed by atoms with E-state index in [-0.39, 0.29) is 17.5 Å². The molecule has 1 aromatic carbocycles. The fourth-order valence-corrected chi connectivity index (χ4v) is 1.69. The van der Waals surface area contributed by atoms with Gasteiger partial charge in [0.15, 0.2) is 5.75 Å². The average molecular weight is 224 g/mol. The molecule has 1 rings (SSSR count). The highest BCUT2D eigenvalue weighted by Gasteiger charge is 2.22. The molecule has 0 unspecified atom stereocenters. The second kappa shape index (κ2) is 4.94. The minimum absolute atomic E-state index is 0.246. The first-order valence-electron chi connectivity index (χ1n) is 5.21. The molecule has 0 spiro atoms. The number of hydrogen-bond acceptors (Lipinski definition) is 4. The molecule has 0 saturated carbocycles. The van der Waals surface area contributed by atoms with E-state index in [2.05, 4.69) is 0 Å². The van der Waals surface area contributed by atoms with Gasteiger partial charge in [-0.2, -0.15) is 0 Å². The van der Waals surface area contributed by atoms with Gasteiger partial charge in [0.2, 0.25) is 0 Å². The summed E-state index contributed by atoms with van der Waals surface area (Å²) in [4.78, 5) is 10.2. The summed E-state index contributed by atoms with van der Waals surface area (Å²) < 4.78 is 0. The quantitative estimate of drug-likeness (QED) is 0.607. The van der Waals surface area contributed by atoms with Crippen LogP contribution in [0, 0.1) is 17.0 Å². The number of aryl methyl sites for hydroxylation is 1. The van der Waals surface area contributed by atoms with Gasteiger partial charge in [0.05, 0.1) is 4.92 Å². The molecule has 0 aliphatic carbocycles. The Bertz CT molecular complexity index is 404. The van der Waals surface area contributed by atoms with Crippen molar-refractivity contribution in [1.82, 2.24) is 0 Å². The second-order valence-corrected chi connectivity index (χ2v) is 3.82. The Morgan fingerprint density at radius 2 is 2.19 bits per heavy atom. The summed E-state index contributed by atoms with van der Waals surface area (Å²) in [5, 5.41) is 20.6. The molecule has 0 amide bonds. The summed E-state index contributed by atoms with van der Waals surface area (Å²) in [6.45, 7) is 3.56. The molecule has 1 aromatic rings. The van der Waals surface area contributed by atoms with Gasteiger partial charge >= 0.3 is 5.69 Å². The largest absolute Gasteiger partial charge is 0.502 e. The Hall–Kier alpha value is -1.62. The van der Waals surface area contributed by atoms with Gasteiger partial charge in [0, 0.05) is 17.2 Å². The smallest absolute Gasteiger partial charge is 0.313 e. The number of phenolic OH excluding ortho intramolecular Hbond substituents is 1. The van der Waals surface area contributed by atoms with Crippen molar-refractivity contribution in [3.05, 3.63) is 33.4 Å². The van der Waals surface area contributed by atoms with E-state index in [0.717, 1.165) is 6.42 Å². The van der Waals surface area contributed by atoms with Gasteiger partial charge in [-0.3, -0.25) is 10.1 Å². The number of nitrogens with two attached hydrogens (primary N) is 1. The van der Waals surface area contributed by atoms with Gasteiger partial charge in [-0.05, 0) is 13.3 Å². The zero-order valence-corrected chi connectivity index (χ0v) is 9.43. The lowest BCUT2D eigenvalue weighted by molar-refractivity contribution is -0.386. The highest BCUT2D eigenvalue weighted by atomic mass is 16.6. The van der Waals surface area contributed by atoms with Crippen LogP contribution in [0.5, 0.6) is 5.75 Å². The number of aromatic hydroxyl groups is 1. The van der Waals surface area contributed by atoms with Crippen LogP contribution < -0.4 is 5.73 Å². The van der Waals surface area contributed by atoms with Crippen LogP contribution in [0.2, 0.25) is 0 Å². The third-order valence-corrected chi connectivity index (χ3v) is 2.57. The minimum atomic E-state index is -0.577. The van der Waals surface area contributed by atoms with Gasteiger partial charge < -0.3 is 10.8 Å². The summed E-state index contributed by atoms with van der Waals surface area (Å²) in [7, 11) is 0. The van der Waals surface area contributed by atoms with E-state index in [9.17, 15) is 15.2 Å². The van der Waals surface area contributed by atoms with Gasteiger partial charge in [0.25, 0.3) is 0 Å². The van der Waals surface area contributed by atoms with E-state index in [0.29, 0.717) is 17.5 Å². The van der Waals surface area contributed by atoms with Crippen molar-refractivity contribution in [3.63, 3.8) is 0 Å². The molecule has 0 heterocycles. The first-order chi connectivity index (χ1) is 7.49. The molecule has 0 aliphatic rings. The molecule has 88 valence electrons. The maximum Gasteiger partial charge on any atom is 0.313 e. The Labute approximate surface area is 94.0 Å². The van der Waals surface area contributed by atoms with Gasteiger partial charge in [0.1, 0.15) is 0 Å². The third-order valence-electron chi connectivity index (χ3n) is 2.57. The van der Waals surface area contributed by atoms with Crippen LogP contribution in [0.25, 0.3) is 0 Å². The predicted octanol–water partition coefficient (Wildman–Crippen LogP) is 2.41. The molecule has 0 aromatic heterocycles. The molecular formula is C11H16N2O3. The summed E-state index contributed by atoms with van der Waals surface area (Å²) in [6.07, 6.45) is 1.55. The average Bonchev–Trinajstić information content (AvgIpc) is 2.17. The normalized spacial score (nSPS) is 12.4. The number of nitro benzene ring substituents is 1. The third kappa shape index (κ3) is 2.30. The molecule has 5 heteroatoms. The fraction of sp³-hybridized carbons (Fsp3) is 0.455. The van der Waals surface area contributed by atoms with Crippen LogP contribution in [0.1, 0.15) is 36.9 Å². The predicted molar refractivity (Wildman–Crippen MR) is 61.3 cm³/mol. The summed E-state index contributed by atoms with van der Waals surface area (Å²) in [6, 6.07) is 2.91. The van der Waals surface area contributed by atoms with Crippen molar-refractivity contribution >= 4 is 5.69 Å². The van der Waals surface area contributed by atoms with Crippen LogP contribution in [-0.4, -0.2) is 10.0 Å². The molecular weight excluding hydrogens is 208 g/mol. The van der Waals surface area contributed by atoms with E-state index < -0.39 is 4.92 Å². The number of hydrogen-bond donors (Lipinski definition) is 2. The van der Waals surface area contributed by atoms with Crippen molar-refractivity contribution in [3.8, 4) is 5.75 Å². The number of rotatable bonds is 4. The van der Waals surface area contributed by atoms with E-state index in [1.54, 1.807) is 19.1 Å². The lowest BCUT2D eigenvalue weighted by Gasteiger charge is -2.13. The molecule has 0 fully saturated rings. The highest BCUT2D eigenvalue weighted by molar-refractivity contribution is 5.56. The van der Waals surface area contributed by atoms with Crippen LogP contribution >= 0.6 is 0 Å². The van der Waals surface area contributed by atoms with Crippen LogP contribution in [-0.2, 0) is 0 Å². The topological polar surface area (TPSA) is 89.4 Å². The summed E-state index contributed by atoms with van der Waals surface area (Å²) in [5.41, 5.74) is 6.48. The molecule has 0 bridgehead atoms. The highest BCUT2D eigenvalue weighted by Crippen LogP contribution is 2.36. The van der Waals surface area contributed by atoms with Crippen molar-refractivity contribution in [1.29, 1.82) is 0 Å². The van der Waals surface area contributed by atoms with E-state index >= 15 is 0 Å². The second-order valence-electron chi connectivity index (χ2n) is 3.82. The number of phenols is 1. The maximum atomic E-state index is 10.8. The zero-order valence-electron chi connectivity index (χ0n) is 9.43. The molecule has 1 atom stereocenters. The minimum Gasteiger partial charge on any atom is -0.502 e. The summed E-state index contributed by atoms with van der Waals surface area (Å²) in [5.74, 6) is -0.300. The molecule has 3 N–H and O–H groups in total. The van der Waals surface area contributed by atoms with Crippen LogP contribution in [0.15, 0.2) is 12.1 Å². The van der Waals surface area contributed by atoms with Crippen molar-refractivity contribution < 1.29 is 10.0 Å². The van der Waals surface area contributed by atoms with E-state index in [1.807, 2.05) is 6.92 Å². The Balaban J connectivity index is 3.23. The molecule has 16 heavy (non-hydrogen) atoms. The van der Waals surface area contributed by atoms with Crippen LogP contribution in [0.4, 0.5) is 5.69 Å². The molecule has 0 aliphatic heterocycles. The number of nitro groups is 1. The van der Waals surface area contributed by atoms with Crippen molar-refractivity contribution in [2.24, 2.45) is 5.73 Å². The molecule has 0 radical (unpaired) electrons. The van der Waals surface area contributed by atoms with Crippen molar-refractivity contribution in [2.45, 2.75) is 32.7 Å². The first-order valence-corrected chi connectivity index (χ1v) is 5.21. The Kier molecular flexibility index (Phi) is 3.84. The number of benzene rings is 1. The zero-order chi connectivity index (χ0) is 12.3. The Morgan fingerprint density at radius 1 is 1.56 bits per heavy atom. The van der Waals surface area contributed by atoms with Gasteiger partial charge in [-0.25, -0.2) is 0 Å². The van der Waals surface area contributed by atoms with Crippen molar-refractivity contribution in [2.75, 3.05) is 0 Å². The summed E-state index contributed by atoms with van der Waals surface area (Å²) >= 11 is 0. The molecule has 5 nitrogen and oxygen atoms in total.